The third-order valence-electron chi connectivity index (χ3n) is 2.97. The topological polar surface area (TPSA) is 73.3 Å². The number of nitrogens with one attached hydrogen (secondary N) is 1. The van der Waals surface area contributed by atoms with Gasteiger partial charge in [0.25, 0.3) is 0 Å². The van der Waals surface area contributed by atoms with Crippen molar-refractivity contribution < 1.29 is 9.15 Å². The average Bonchev–Trinajstić information content (AvgIpc) is 2.90. The van der Waals surface area contributed by atoms with Gasteiger partial charge < -0.3 is 20.2 Å². The molecule has 2 aromatic carbocycles. The fraction of sp³-hybridized carbons (Fsp3) is 0.0667. The van der Waals surface area contributed by atoms with Crippen molar-refractivity contribution in [3.63, 3.8) is 0 Å². The second kappa shape index (κ2) is 5.41. The van der Waals surface area contributed by atoms with E-state index in [2.05, 4.69) is 10.3 Å². The van der Waals surface area contributed by atoms with Crippen molar-refractivity contribution in [2.75, 3.05) is 12.4 Å². The van der Waals surface area contributed by atoms with Gasteiger partial charge in [-0.3, -0.25) is 0 Å². The molecule has 0 amide bonds. The number of ether oxygens (including phenoxy) is 1. The van der Waals surface area contributed by atoms with Crippen LogP contribution in [-0.4, -0.2) is 17.2 Å². The maximum absolute atomic E-state index is 5.76. The summed E-state index contributed by atoms with van der Waals surface area (Å²) in [5.74, 6) is 1.29. The van der Waals surface area contributed by atoms with E-state index in [1.165, 1.54) is 0 Å². The van der Waals surface area contributed by atoms with E-state index >= 15 is 0 Å². The second-order valence-electron chi connectivity index (χ2n) is 4.42. The number of nitrogens with zero attached hydrogens (tertiary/aromatic N) is 1. The van der Waals surface area contributed by atoms with Crippen molar-refractivity contribution in [2.24, 2.45) is 5.73 Å². The van der Waals surface area contributed by atoms with Crippen LogP contribution in [0, 0.1) is 0 Å². The molecule has 0 spiro atoms. The van der Waals surface area contributed by atoms with E-state index < -0.39 is 0 Å². The Labute approximate surface area is 126 Å². The average molecular weight is 299 g/mol. The van der Waals surface area contributed by atoms with Crippen molar-refractivity contribution in [1.82, 2.24) is 4.98 Å². The zero-order valence-electron chi connectivity index (χ0n) is 11.3. The van der Waals surface area contributed by atoms with Gasteiger partial charge in [0.05, 0.1) is 7.11 Å². The minimum atomic E-state index is 0.214. The molecule has 21 heavy (non-hydrogen) atoms. The lowest BCUT2D eigenvalue weighted by Gasteiger charge is -2.01. The number of oxazole rings is 1. The van der Waals surface area contributed by atoms with Gasteiger partial charge in [0.2, 0.25) is 5.89 Å². The van der Waals surface area contributed by atoms with Crippen LogP contribution in [0.5, 0.6) is 5.75 Å². The number of methoxy groups -OCH3 is 1. The molecule has 5 nitrogen and oxygen atoms in total. The molecule has 6 heteroatoms. The molecular formula is C15H13N3O2S. The molecule has 3 N–H and O–H groups in total. The second-order valence-corrected chi connectivity index (χ2v) is 4.86. The van der Waals surface area contributed by atoms with Crippen LogP contribution >= 0.6 is 12.2 Å². The van der Waals surface area contributed by atoms with Crippen LogP contribution in [0.1, 0.15) is 0 Å². The summed E-state index contributed by atoms with van der Waals surface area (Å²) in [6, 6.07) is 13.1. The number of hydrogen-bond acceptors (Lipinski definition) is 4. The van der Waals surface area contributed by atoms with Crippen molar-refractivity contribution in [1.29, 1.82) is 0 Å². The monoisotopic (exact) mass is 299 g/mol. The smallest absolute Gasteiger partial charge is 0.227 e. The molecule has 0 saturated heterocycles. The summed E-state index contributed by atoms with van der Waals surface area (Å²) >= 11 is 4.82. The minimum absolute atomic E-state index is 0.214. The van der Waals surface area contributed by atoms with E-state index in [-0.39, 0.29) is 5.11 Å². The summed E-state index contributed by atoms with van der Waals surface area (Å²) in [5, 5.41) is 3.09. The first-order valence-electron chi connectivity index (χ1n) is 6.27. The van der Waals surface area contributed by atoms with Gasteiger partial charge in [-0.15, -0.1) is 0 Å². The largest absolute Gasteiger partial charge is 0.497 e. The van der Waals surface area contributed by atoms with Gasteiger partial charge in [-0.2, -0.15) is 0 Å². The molecule has 0 radical (unpaired) electrons. The standard InChI is InChI=1S/C15H13N3O2S/c1-19-11-4-2-3-9(7-11)14-18-12-8-10(17-15(16)21)5-6-13(12)20-14/h2-8H,1H3,(H3,16,17,21). The van der Waals surface area contributed by atoms with Gasteiger partial charge in [-0.05, 0) is 48.6 Å². The summed E-state index contributed by atoms with van der Waals surface area (Å²) in [6.45, 7) is 0. The first-order chi connectivity index (χ1) is 10.2. The van der Waals surface area contributed by atoms with Gasteiger partial charge in [0, 0.05) is 11.3 Å². The predicted octanol–water partition coefficient (Wildman–Crippen LogP) is 3.16. The quantitative estimate of drug-likeness (QED) is 0.724. The molecule has 0 aliphatic rings. The molecule has 3 aromatic rings. The molecule has 3 rings (SSSR count). The highest BCUT2D eigenvalue weighted by molar-refractivity contribution is 7.80. The molecule has 0 aliphatic carbocycles. The third-order valence-corrected chi connectivity index (χ3v) is 3.07. The van der Waals surface area contributed by atoms with Gasteiger partial charge in [0.1, 0.15) is 11.3 Å². The Balaban J connectivity index is 2.02. The zero-order chi connectivity index (χ0) is 14.8. The summed E-state index contributed by atoms with van der Waals surface area (Å²) in [5.41, 5.74) is 8.52. The Bertz CT molecular complexity index is 814. The first kappa shape index (κ1) is 13.4. The Hall–Kier alpha value is -2.60. The Morgan fingerprint density at radius 2 is 2.14 bits per heavy atom. The van der Waals surface area contributed by atoms with Gasteiger partial charge >= 0.3 is 0 Å². The van der Waals surface area contributed by atoms with Crippen molar-refractivity contribution in [3.8, 4) is 17.2 Å². The fourth-order valence-electron chi connectivity index (χ4n) is 2.03. The number of rotatable bonds is 3. The van der Waals surface area contributed by atoms with Crippen LogP contribution in [0.2, 0.25) is 0 Å². The highest BCUT2D eigenvalue weighted by Gasteiger charge is 2.09. The SMILES string of the molecule is COc1cccc(-c2nc3cc(NC(N)=S)ccc3o2)c1. The van der Waals surface area contributed by atoms with Crippen molar-refractivity contribution in [2.45, 2.75) is 0 Å². The zero-order valence-corrected chi connectivity index (χ0v) is 12.1. The predicted molar refractivity (Wildman–Crippen MR) is 86.4 cm³/mol. The van der Waals surface area contributed by atoms with E-state index in [1.54, 1.807) is 7.11 Å². The molecule has 0 atom stereocenters. The van der Waals surface area contributed by atoms with E-state index in [4.69, 9.17) is 27.1 Å². The molecule has 0 saturated carbocycles. The first-order valence-corrected chi connectivity index (χ1v) is 6.68. The third kappa shape index (κ3) is 2.80. The van der Waals surface area contributed by atoms with Crippen molar-refractivity contribution >= 4 is 34.1 Å². The minimum Gasteiger partial charge on any atom is -0.497 e. The summed E-state index contributed by atoms with van der Waals surface area (Å²) in [6.07, 6.45) is 0. The molecule has 1 heterocycles. The molecule has 0 fully saturated rings. The summed E-state index contributed by atoms with van der Waals surface area (Å²) < 4.78 is 11.0. The van der Waals surface area contributed by atoms with Crippen LogP contribution in [0.3, 0.4) is 0 Å². The molecular weight excluding hydrogens is 286 g/mol. The molecule has 1 aromatic heterocycles. The lowest BCUT2D eigenvalue weighted by atomic mass is 10.2. The van der Waals surface area contributed by atoms with Crippen LogP contribution in [-0.2, 0) is 0 Å². The number of benzene rings is 2. The highest BCUT2D eigenvalue weighted by Crippen LogP contribution is 2.28. The lowest BCUT2D eigenvalue weighted by Crippen LogP contribution is -2.18. The van der Waals surface area contributed by atoms with Crippen LogP contribution in [0.4, 0.5) is 5.69 Å². The molecule has 0 bridgehead atoms. The Kier molecular flexibility index (Phi) is 3.45. The van der Waals surface area contributed by atoms with Gasteiger partial charge in [0.15, 0.2) is 10.7 Å². The normalized spacial score (nSPS) is 10.5. The number of nitrogens with two attached hydrogens (primary N) is 1. The Morgan fingerprint density at radius 3 is 2.90 bits per heavy atom. The lowest BCUT2D eigenvalue weighted by molar-refractivity contribution is 0.415. The van der Waals surface area contributed by atoms with Crippen LogP contribution in [0.25, 0.3) is 22.6 Å². The van der Waals surface area contributed by atoms with Crippen LogP contribution < -0.4 is 15.8 Å². The van der Waals surface area contributed by atoms with Gasteiger partial charge in [-0.1, -0.05) is 6.07 Å². The number of fused-ring (bicyclic) bond motifs is 1. The number of anilines is 1. The van der Waals surface area contributed by atoms with E-state index in [0.29, 0.717) is 11.5 Å². The van der Waals surface area contributed by atoms with Crippen molar-refractivity contribution in [3.05, 3.63) is 42.5 Å². The number of aromatic nitrogens is 1. The summed E-state index contributed by atoms with van der Waals surface area (Å²) in [7, 11) is 1.62. The maximum atomic E-state index is 5.76. The van der Waals surface area contributed by atoms with Crippen LogP contribution in [0.15, 0.2) is 46.9 Å². The molecule has 0 unspecified atom stereocenters. The Morgan fingerprint density at radius 1 is 1.29 bits per heavy atom. The van der Waals surface area contributed by atoms with E-state index in [9.17, 15) is 0 Å². The van der Waals surface area contributed by atoms with E-state index in [0.717, 1.165) is 22.5 Å². The maximum Gasteiger partial charge on any atom is 0.227 e. The highest BCUT2D eigenvalue weighted by atomic mass is 32.1. The fourth-order valence-corrected chi connectivity index (χ4v) is 2.14. The summed E-state index contributed by atoms with van der Waals surface area (Å²) in [4.78, 5) is 4.48. The molecule has 106 valence electrons. The molecule has 0 aliphatic heterocycles. The number of thiocarbonyl (C=S) groups is 1. The van der Waals surface area contributed by atoms with E-state index in [1.807, 2.05) is 42.5 Å². The van der Waals surface area contributed by atoms with Gasteiger partial charge in [-0.25, -0.2) is 4.98 Å². The number of hydrogen-bond donors (Lipinski definition) is 2.